The molecule has 3 rings (SSSR count). The van der Waals surface area contributed by atoms with Gasteiger partial charge < -0.3 is 5.32 Å². The fourth-order valence-corrected chi connectivity index (χ4v) is 5.13. The molecule has 0 aromatic heterocycles. The minimum atomic E-state index is -3.52. The topological polar surface area (TPSA) is 66.5 Å². The molecule has 0 atom stereocenters. The van der Waals surface area contributed by atoms with Crippen molar-refractivity contribution in [3.8, 4) is 0 Å². The van der Waals surface area contributed by atoms with Gasteiger partial charge in [0.15, 0.2) is 0 Å². The number of carbonyl (C=O) groups is 1. The van der Waals surface area contributed by atoms with Gasteiger partial charge in [0.2, 0.25) is 15.9 Å². The Kier molecular flexibility index (Phi) is 5.91. The molecular formula is C22H28N2O3S. The number of piperidine rings is 1. The molecule has 0 unspecified atom stereocenters. The molecule has 150 valence electrons. The van der Waals surface area contributed by atoms with Crippen LogP contribution in [0.5, 0.6) is 0 Å². The maximum absolute atomic E-state index is 12.9. The first-order chi connectivity index (χ1) is 13.2. The fraction of sp³-hybridized carbons (Fsp3) is 0.409. The van der Waals surface area contributed by atoms with Gasteiger partial charge in [-0.2, -0.15) is 4.31 Å². The van der Waals surface area contributed by atoms with Crippen LogP contribution in [-0.2, 0) is 14.8 Å². The van der Waals surface area contributed by atoms with Crippen molar-refractivity contribution >= 4 is 21.6 Å². The van der Waals surface area contributed by atoms with Gasteiger partial charge in [0.05, 0.1) is 4.90 Å². The molecule has 1 saturated heterocycles. The number of benzene rings is 2. The quantitative estimate of drug-likeness (QED) is 0.845. The zero-order valence-electron chi connectivity index (χ0n) is 17.0. The summed E-state index contributed by atoms with van der Waals surface area (Å²) >= 11 is 0. The Morgan fingerprint density at radius 3 is 2.21 bits per heavy atom. The van der Waals surface area contributed by atoms with E-state index in [0.29, 0.717) is 30.8 Å². The lowest BCUT2D eigenvalue weighted by atomic mass is 9.97. The van der Waals surface area contributed by atoms with Gasteiger partial charge in [0.1, 0.15) is 0 Å². The minimum absolute atomic E-state index is 0.0322. The van der Waals surface area contributed by atoms with Crippen molar-refractivity contribution in [2.75, 3.05) is 18.4 Å². The summed E-state index contributed by atoms with van der Waals surface area (Å²) in [5, 5.41) is 3.00. The van der Waals surface area contributed by atoms with Gasteiger partial charge in [-0.3, -0.25) is 4.79 Å². The molecule has 1 amide bonds. The number of anilines is 1. The van der Waals surface area contributed by atoms with Gasteiger partial charge >= 0.3 is 0 Å². The number of carbonyl (C=O) groups excluding carboxylic acids is 1. The zero-order valence-corrected chi connectivity index (χ0v) is 17.8. The Balaban J connectivity index is 1.64. The molecule has 2 aromatic carbocycles. The van der Waals surface area contributed by atoms with Crippen LogP contribution >= 0.6 is 0 Å². The summed E-state index contributed by atoms with van der Waals surface area (Å²) in [4.78, 5) is 13.0. The van der Waals surface area contributed by atoms with Crippen LogP contribution in [0.15, 0.2) is 41.3 Å². The Bertz CT molecular complexity index is 991. The Labute approximate surface area is 167 Å². The molecule has 0 radical (unpaired) electrons. The molecule has 5 nitrogen and oxygen atoms in total. The number of hydrogen-bond acceptors (Lipinski definition) is 3. The lowest BCUT2D eigenvalue weighted by Gasteiger charge is -2.30. The number of sulfonamides is 1. The molecule has 0 bridgehead atoms. The van der Waals surface area contributed by atoms with Crippen LogP contribution in [0, 0.1) is 33.6 Å². The summed E-state index contributed by atoms with van der Waals surface area (Å²) in [5.41, 5.74) is 5.04. The highest BCUT2D eigenvalue weighted by Gasteiger charge is 2.32. The molecule has 1 N–H and O–H groups in total. The van der Waals surface area contributed by atoms with Crippen molar-refractivity contribution in [1.82, 2.24) is 4.31 Å². The summed E-state index contributed by atoms with van der Waals surface area (Å²) < 4.78 is 27.3. The number of nitrogens with one attached hydrogen (secondary N) is 1. The average molecular weight is 401 g/mol. The number of rotatable bonds is 4. The van der Waals surface area contributed by atoms with Gasteiger partial charge in [-0.1, -0.05) is 23.8 Å². The summed E-state index contributed by atoms with van der Waals surface area (Å²) in [6.45, 7) is 8.59. The first kappa shape index (κ1) is 20.6. The molecule has 6 heteroatoms. The van der Waals surface area contributed by atoms with Crippen LogP contribution in [0.4, 0.5) is 5.69 Å². The van der Waals surface area contributed by atoms with E-state index in [9.17, 15) is 13.2 Å². The van der Waals surface area contributed by atoms with Gasteiger partial charge in [0, 0.05) is 24.7 Å². The van der Waals surface area contributed by atoms with Crippen LogP contribution < -0.4 is 5.32 Å². The Morgan fingerprint density at radius 1 is 0.929 bits per heavy atom. The van der Waals surface area contributed by atoms with Crippen LogP contribution in [0.2, 0.25) is 0 Å². The second-order valence-corrected chi connectivity index (χ2v) is 9.67. The van der Waals surface area contributed by atoms with Crippen LogP contribution in [0.25, 0.3) is 0 Å². The summed E-state index contributed by atoms with van der Waals surface area (Å²) in [6.07, 6.45) is 1.06. The highest BCUT2D eigenvalue weighted by Crippen LogP contribution is 2.26. The van der Waals surface area contributed by atoms with E-state index >= 15 is 0 Å². The largest absolute Gasteiger partial charge is 0.326 e. The lowest BCUT2D eigenvalue weighted by molar-refractivity contribution is -0.120. The average Bonchev–Trinajstić information content (AvgIpc) is 2.66. The monoisotopic (exact) mass is 400 g/mol. The van der Waals surface area contributed by atoms with Gasteiger partial charge in [-0.25, -0.2) is 8.42 Å². The van der Waals surface area contributed by atoms with Crippen molar-refractivity contribution in [1.29, 1.82) is 0 Å². The molecule has 2 aromatic rings. The maximum atomic E-state index is 12.9. The van der Waals surface area contributed by atoms with Crippen molar-refractivity contribution in [2.24, 2.45) is 5.92 Å². The standard InChI is InChI=1S/C22H28N2O3S/c1-15-5-8-21(18(4)13-15)23-22(25)19-9-11-24(12-10-19)28(26,27)20-7-6-16(2)17(3)14-20/h5-8,13-14,19H,9-12H2,1-4H3,(H,23,25). The van der Waals surface area contributed by atoms with Crippen molar-refractivity contribution in [3.05, 3.63) is 58.7 Å². The van der Waals surface area contributed by atoms with E-state index in [2.05, 4.69) is 5.32 Å². The van der Waals surface area contributed by atoms with E-state index in [1.54, 1.807) is 12.1 Å². The molecule has 1 aliphatic heterocycles. The summed E-state index contributed by atoms with van der Waals surface area (Å²) in [7, 11) is -3.52. The SMILES string of the molecule is Cc1ccc(NC(=O)C2CCN(S(=O)(=O)c3ccc(C)c(C)c3)CC2)c(C)c1. The van der Waals surface area contributed by atoms with Gasteiger partial charge in [0.25, 0.3) is 0 Å². The first-order valence-corrected chi connectivity index (χ1v) is 11.1. The minimum Gasteiger partial charge on any atom is -0.326 e. The van der Waals surface area contributed by atoms with E-state index in [0.717, 1.165) is 27.9 Å². The van der Waals surface area contributed by atoms with Crippen LogP contribution in [-0.4, -0.2) is 31.7 Å². The maximum Gasteiger partial charge on any atom is 0.243 e. The predicted octanol–water partition coefficient (Wildman–Crippen LogP) is 3.96. The molecule has 0 aliphatic carbocycles. The second kappa shape index (κ2) is 8.05. The Morgan fingerprint density at radius 2 is 1.61 bits per heavy atom. The van der Waals surface area contributed by atoms with Crippen molar-refractivity contribution in [3.63, 3.8) is 0 Å². The molecule has 1 heterocycles. The van der Waals surface area contributed by atoms with E-state index in [1.165, 1.54) is 4.31 Å². The first-order valence-electron chi connectivity index (χ1n) is 9.64. The fourth-order valence-electron chi connectivity index (χ4n) is 3.57. The van der Waals surface area contributed by atoms with Crippen LogP contribution in [0.3, 0.4) is 0 Å². The second-order valence-electron chi connectivity index (χ2n) is 7.73. The highest BCUT2D eigenvalue weighted by atomic mass is 32.2. The predicted molar refractivity (Wildman–Crippen MR) is 112 cm³/mol. The van der Waals surface area contributed by atoms with Gasteiger partial charge in [-0.15, -0.1) is 0 Å². The molecule has 0 spiro atoms. The molecule has 28 heavy (non-hydrogen) atoms. The zero-order chi connectivity index (χ0) is 20.5. The molecule has 1 fully saturated rings. The third-order valence-corrected chi connectivity index (χ3v) is 7.48. The third kappa shape index (κ3) is 4.28. The third-order valence-electron chi connectivity index (χ3n) is 5.58. The summed E-state index contributed by atoms with van der Waals surface area (Å²) in [6, 6.07) is 11.2. The number of amides is 1. The van der Waals surface area contributed by atoms with E-state index < -0.39 is 10.0 Å². The summed E-state index contributed by atoms with van der Waals surface area (Å²) in [5.74, 6) is -0.206. The Hall–Kier alpha value is -2.18. The molecule has 1 aliphatic rings. The normalized spacial score (nSPS) is 16.1. The van der Waals surface area contributed by atoms with Gasteiger partial charge in [-0.05, 0) is 75.4 Å². The van der Waals surface area contributed by atoms with E-state index in [-0.39, 0.29) is 11.8 Å². The van der Waals surface area contributed by atoms with Crippen LogP contribution in [0.1, 0.15) is 35.1 Å². The van der Waals surface area contributed by atoms with Crippen molar-refractivity contribution < 1.29 is 13.2 Å². The van der Waals surface area contributed by atoms with E-state index in [1.807, 2.05) is 52.0 Å². The van der Waals surface area contributed by atoms with Crippen molar-refractivity contribution in [2.45, 2.75) is 45.4 Å². The number of nitrogens with zero attached hydrogens (tertiary/aromatic N) is 1. The number of aryl methyl sites for hydroxylation is 4. The van der Waals surface area contributed by atoms with E-state index in [4.69, 9.17) is 0 Å². The molecule has 0 saturated carbocycles. The molecular weight excluding hydrogens is 372 g/mol. The lowest BCUT2D eigenvalue weighted by Crippen LogP contribution is -2.41. The smallest absolute Gasteiger partial charge is 0.243 e. The highest BCUT2D eigenvalue weighted by molar-refractivity contribution is 7.89. The number of hydrogen-bond donors (Lipinski definition) is 1.